The van der Waals surface area contributed by atoms with Crippen LogP contribution in [0.3, 0.4) is 0 Å². The molecule has 0 aliphatic rings. The van der Waals surface area contributed by atoms with Crippen LogP contribution >= 0.6 is 0 Å². The van der Waals surface area contributed by atoms with Crippen LogP contribution in [0.1, 0.15) is 11.1 Å². The first-order valence-electron chi connectivity index (χ1n) is 7.60. The fourth-order valence-electron chi connectivity index (χ4n) is 2.14. The number of aryl methyl sites for hydroxylation is 1. The van der Waals surface area contributed by atoms with E-state index in [9.17, 15) is 18.0 Å². The quantitative estimate of drug-likeness (QED) is 0.753. The molecule has 8 nitrogen and oxygen atoms in total. The molecule has 0 saturated heterocycles. The SMILES string of the molecule is COc1ncccc1CNC(=O)C(=O)Nc1cc(S(C)(=O)=O)ccc1C. The van der Waals surface area contributed by atoms with Crippen LogP contribution in [0.2, 0.25) is 0 Å². The Bertz CT molecular complexity index is 941. The first-order chi connectivity index (χ1) is 12.2. The molecule has 1 heterocycles. The Balaban J connectivity index is 2.07. The average molecular weight is 377 g/mol. The van der Waals surface area contributed by atoms with Gasteiger partial charge in [-0.3, -0.25) is 9.59 Å². The summed E-state index contributed by atoms with van der Waals surface area (Å²) in [5.74, 6) is -1.41. The highest BCUT2D eigenvalue weighted by Gasteiger charge is 2.17. The minimum atomic E-state index is -3.42. The molecule has 1 aromatic carbocycles. The molecule has 0 spiro atoms. The van der Waals surface area contributed by atoms with E-state index in [2.05, 4.69) is 15.6 Å². The summed E-state index contributed by atoms with van der Waals surface area (Å²) in [5, 5.41) is 4.89. The molecule has 26 heavy (non-hydrogen) atoms. The maximum atomic E-state index is 12.1. The van der Waals surface area contributed by atoms with Crippen molar-refractivity contribution in [2.45, 2.75) is 18.4 Å². The van der Waals surface area contributed by atoms with E-state index in [1.807, 2.05) is 0 Å². The number of carbonyl (C=O) groups excluding carboxylic acids is 2. The Morgan fingerprint density at radius 2 is 1.92 bits per heavy atom. The van der Waals surface area contributed by atoms with Gasteiger partial charge in [-0.15, -0.1) is 0 Å². The average Bonchev–Trinajstić information content (AvgIpc) is 2.60. The number of anilines is 1. The topological polar surface area (TPSA) is 114 Å². The molecule has 0 saturated carbocycles. The summed E-state index contributed by atoms with van der Waals surface area (Å²) in [6, 6.07) is 7.72. The number of methoxy groups -OCH3 is 1. The van der Waals surface area contributed by atoms with Gasteiger partial charge in [0.15, 0.2) is 9.84 Å². The third kappa shape index (κ3) is 4.79. The van der Waals surface area contributed by atoms with Gasteiger partial charge in [-0.1, -0.05) is 12.1 Å². The van der Waals surface area contributed by atoms with Crippen molar-refractivity contribution in [2.24, 2.45) is 0 Å². The summed E-state index contributed by atoms with van der Waals surface area (Å²) in [4.78, 5) is 28.1. The third-order valence-corrected chi connectivity index (χ3v) is 4.68. The predicted octanol–water partition coefficient (Wildman–Crippen LogP) is 1.06. The molecule has 0 bridgehead atoms. The standard InChI is InChI=1S/C17H19N3O5S/c1-11-6-7-13(26(3,23)24)9-14(11)20-16(22)15(21)19-10-12-5-4-8-18-17(12)25-2/h4-9H,10H2,1-3H3,(H,19,21)(H,20,22). The second kappa shape index (κ2) is 7.96. The largest absolute Gasteiger partial charge is 0.481 e. The maximum absolute atomic E-state index is 12.1. The maximum Gasteiger partial charge on any atom is 0.313 e. The van der Waals surface area contributed by atoms with Crippen LogP contribution in [-0.2, 0) is 26.0 Å². The number of benzene rings is 1. The minimum Gasteiger partial charge on any atom is -0.481 e. The van der Waals surface area contributed by atoms with Gasteiger partial charge < -0.3 is 15.4 Å². The van der Waals surface area contributed by atoms with Gasteiger partial charge in [-0.25, -0.2) is 13.4 Å². The smallest absolute Gasteiger partial charge is 0.313 e. The van der Waals surface area contributed by atoms with Gasteiger partial charge in [0.05, 0.1) is 12.0 Å². The van der Waals surface area contributed by atoms with E-state index in [1.165, 1.54) is 19.2 Å². The van der Waals surface area contributed by atoms with E-state index < -0.39 is 21.7 Å². The number of amides is 2. The predicted molar refractivity (Wildman–Crippen MR) is 95.6 cm³/mol. The number of pyridine rings is 1. The van der Waals surface area contributed by atoms with Crippen LogP contribution in [0.5, 0.6) is 5.88 Å². The lowest BCUT2D eigenvalue weighted by molar-refractivity contribution is -0.136. The minimum absolute atomic E-state index is 0.0545. The normalized spacial score (nSPS) is 10.9. The van der Waals surface area contributed by atoms with Gasteiger partial charge in [-0.2, -0.15) is 0 Å². The molecule has 0 aliphatic carbocycles. The Labute approximate surface area is 151 Å². The number of hydrogen-bond donors (Lipinski definition) is 2. The molecule has 2 aromatic rings. The molecular formula is C17H19N3O5S. The second-order valence-corrected chi connectivity index (χ2v) is 7.57. The molecule has 9 heteroatoms. The van der Waals surface area contributed by atoms with Crippen molar-refractivity contribution in [2.75, 3.05) is 18.7 Å². The van der Waals surface area contributed by atoms with Gasteiger partial charge in [0.25, 0.3) is 0 Å². The molecule has 0 unspecified atom stereocenters. The first kappa shape index (κ1) is 19.4. The summed E-state index contributed by atoms with van der Waals surface area (Å²) >= 11 is 0. The highest BCUT2D eigenvalue weighted by molar-refractivity contribution is 7.90. The Morgan fingerprint density at radius 1 is 1.19 bits per heavy atom. The zero-order valence-corrected chi connectivity index (χ0v) is 15.4. The van der Waals surface area contributed by atoms with Crippen molar-refractivity contribution in [3.05, 3.63) is 47.7 Å². The summed E-state index contributed by atoms with van der Waals surface area (Å²) in [6.45, 7) is 1.76. The number of nitrogens with zero attached hydrogens (tertiary/aromatic N) is 1. The summed E-state index contributed by atoms with van der Waals surface area (Å²) in [5.41, 5.74) is 1.51. The molecule has 0 atom stereocenters. The van der Waals surface area contributed by atoms with Gasteiger partial charge in [-0.05, 0) is 30.7 Å². The highest BCUT2D eigenvalue weighted by atomic mass is 32.2. The number of sulfone groups is 1. The number of rotatable bonds is 5. The summed E-state index contributed by atoms with van der Waals surface area (Å²) in [7, 11) is -1.97. The van der Waals surface area contributed by atoms with Crippen molar-refractivity contribution in [1.29, 1.82) is 0 Å². The summed E-state index contributed by atoms with van der Waals surface area (Å²) in [6.07, 6.45) is 2.62. The monoisotopic (exact) mass is 377 g/mol. The molecule has 2 amide bonds. The van der Waals surface area contributed by atoms with Crippen LogP contribution in [-0.4, -0.2) is 38.6 Å². The Kier molecular flexibility index (Phi) is 5.93. The molecular weight excluding hydrogens is 358 g/mol. The number of carbonyl (C=O) groups is 2. The van der Waals surface area contributed by atoms with Crippen molar-refractivity contribution >= 4 is 27.3 Å². The fourth-order valence-corrected chi connectivity index (χ4v) is 2.79. The van der Waals surface area contributed by atoms with Gasteiger partial charge >= 0.3 is 11.8 Å². The molecule has 2 N–H and O–H groups in total. The van der Waals surface area contributed by atoms with Gasteiger partial charge in [0, 0.05) is 30.2 Å². The Morgan fingerprint density at radius 3 is 2.58 bits per heavy atom. The molecule has 0 aliphatic heterocycles. The molecule has 138 valence electrons. The van der Waals surface area contributed by atoms with Crippen LogP contribution in [0, 0.1) is 6.92 Å². The van der Waals surface area contributed by atoms with Gasteiger partial charge in [0.1, 0.15) is 0 Å². The van der Waals surface area contributed by atoms with Crippen molar-refractivity contribution < 1.29 is 22.7 Å². The molecule has 1 aromatic heterocycles. The van der Waals surface area contributed by atoms with E-state index in [0.717, 1.165) is 6.26 Å². The lowest BCUT2D eigenvalue weighted by Gasteiger charge is -2.11. The van der Waals surface area contributed by atoms with Gasteiger partial charge in [0.2, 0.25) is 5.88 Å². The van der Waals surface area contributed by atoms with Crippen LogP contribution < -0.4 is 15.4 Å². The van der Waals surface area contributed by atoms with E-state index in [1.54, 1.807) is 31.3 Å². The van der Waals surface area contributed by atoms with Crippen LogP contribution in [0.25, 0.3) is 0 Å². The second-order valence-electron chi connectivity index (χ2n) is 5.56. The Hall–Kier alpha value is -2.94. The van der Waals surface area contributed by atoms with E-state index >= 15 is 0 Å². The fraction of sp³-hybridized carbons (Fsp3) is 0.235. The molecule has 0 fully saturated rings. The van der Waals surface area contributed by atoms with E-state index in [-0.39, 0.29) is 17.1 Å². The number of ether oxygens (including phenoxy) is 1. The van der Waals surface area contributed by atoms with Crippen LogP contribution in [0.4, 0.5) is 5.69 Å². The third-order valence-electron chi connectivity index (χ3n) is 3.57. The first-order valence-corrected chi connectivity index (χ1v) is 9.49. The van der Waals surface area contributed by atoms with Crippen LogP contribution in [0.15, 0.2) is 41.4 Å². The number of aromatic nitrogens is 1. The van der Waals surface area contributed by atoms with Crippen molar-refractivity contribution in [3.8, 4) is 5.88 Å². The zero-order chi connectivity index (χ0) is 19.3. The zero-order valence-electron chi connectivity index (χ0n) is 14.6. The molecule has 0 radical (unpaired) electrons. The van der Waals surface area contributed by atoms with E-state index in [4.69, 9.17) is 4.74 Å². The highest BCUT2D eigenvalue weighted by Crippen LogP contribution is 2.20. The van der Waals surface area contributed by atoms with Crippen molar-refractivity contribution in [3.63, 3.8) is 0 Å². The molecule has 2 rings (SSSR count). The lowest BCUT2D eigenvalue weighted by Crippen LogP contribution is -2.35. The number of nitrogens with one attached hydrogen (secondary N) is 2. The van der Waals surface area contributed by atoms with E-state index in [0.29, 0.717) is 17.0 Å². The summed E-state index contributed by atoms with van der Waals surface area (Å²) < 4.78 is 28.3. The van der Waals surface area contributed by atoms with Crippen molar-refractivity contribution in [1.82, 2.24) is 10.3 Å². The lowest BCUT2D eigenvalue weighted by atomic mass is 10.2. The number of hydrogen-bond acceptors (Lipinski definition) is 6.